The second-order valence-electron chi connectivity index (χ2n) is 8.41. The van der Waals surface area contributed by atoms with Crippen molar-refractivity contribution in [2.75, 3.05) is 0 Å². The maximum Gasteiger partial charge on any atom is 0.224 e. The standard InChI is InChI=1S/C25H32N4O2/c1-17(2)13-18(3)31-25-14-21(11-12-26-25)16-27-24(30)15-23-19(4)28-29(20(23)5)22-9-7-6-8-10-22/h6-12,14,17-18H,13,15-16H2,1-5H3,(H,27,30). The zero-order chi connectivity index (χ0) is 22.4. The topological polar surface area (TPSA) is 69.0 Å². The van der Waals surface area contributed by atoms with E-state index in [0.29, 0.717) is 24.8 Å². The summed E-state index contributed by atoms with van der Waals surface area (Å²) < 4.78 is 7.80. The maximum absolute atomic E-state index is 12.6. The van der Waals surface area contributed by atoms with Crippen molar-refractivity contribution >= 4 is 5.91 Å². The number of benzene rings is 1. The Hall–Kier alpha value is -3.15. The SMILES string of the molecule is Cc1nn(-c2ccccc2)c(C)c1CC(=O)NCc1ccnc(OC(C)CC(C)C)c1. The number of ether oxygens (including phenoxy) is 1. The van der Waals surface area contributed by atoms with Gasteiger partial charge in [-0.2, -0.15) is 5.10 Å². The van der Waals surface area contributed by atoms with E-state index in [-0.39, 0.29) is 12.0 Å². The Labute approximate surface area is 184 Å². The lowest BCUT2D eigenvalue weighted by Crippen LogP contribution is -2.25. The summed E-state index contributed by atoms with van der Waals surface area (Å²) in [6.07, 6.45) is 3.09. The van der Waals surface area contributed by atoms with Gasteiger partial charge in [-0.3, -0.25) is 4.79 Å². The van der Waals surface area contributed by atoms with Gasteiger partial charge in [-0.1, -0.05) is 32.0 Å². The lowest BCUT2D eigenvalue weighted by atomic mass is 10.1. The van der Waals surface area contributed by atoms with Crippen LogP contribution in [-0.4, -0.2) is 26.8 Å². The van der Waals surface area contributed by atoms with Crippen LogP contribution < -0.4 is 10.1 Å². The van der Waals surface area contributed by atoms with Crippen molar-refractivity contribution in [3.63, 3.8) is 0 Å². The van der Waals surface area contributed by atoms with Crippen LogP contribution >= 0.6 is 0 Å². The second-order valence-corrected chi connectivity index (χ2v) is 8.41. The molecule has 0 fully saturated rings. The molecular formula is C25H32N4O2. The normalized spacial score (nSPS) is 12.1. The fraction of sp³-hybridized carbons (Fsp3) is 0.400. The van der Waals surface area contributed by atoms with Crippen molar-refractivity contribution in [3.05, 3.63) is 71.2 Å². The van der Waals surface area contributed by atoms with Gasteiger partial charge in [0.25, 0.3) is 0 Å². The summed E-state index contributed by atoms with van der Waals surface area (Å²) in [5.74, 6) is 1.12. The van der Waals surface area contributed by atoms with E-state index >= 15 is 0 Å². The van der Waals surface area contributed by atoms with Gasteiger partial charge >= 0.3 is 0 Å². The van der Waals surface area contributed by atoms with E-state index in [2.05, 4.69) is 36.2 Å². The second kappa shape index (κ2) is 10.2. The molecule has 0 aliphatic heterocycles. The molecule has 0 aliphatic rings. The highest BCUT2D eigenvalue weighted by atomic mass is 16.5. The number of carbonyl (C=O) groups excluding carboxylic acids is 1. The number of carbonyl (C=O) groups is 1. The zero-order valence-corrected chi connectivity index (χ0v) is 19.1. The highest BCUT2D eigenvalue weighted by Gasteiger charge is 2.16. The van der Waals surface area contributed by atoms with Crippen molar-refractivity contribution in [2.24, 2.45) is 5.92 Å². The third-order valence-corrected chi connectivity index (χ3v) is 5.19. The van der Waals surface area contributed by atoms with Crippen LogP contribution in [0.1, 0.15) is 49.7 Å². The molecule has 6 heteroatoms. The number of nitrogens with zero attached hydrogens (tertiary/aromatic N) is 3. The summed E-state index contributed by atoms with van der Waals surface area (Å²) in [7, 11) is 0. The first-order valence-electron chi connectivity index (χ1n) is 10.8. The highest BCUT2D eigenvalue weighted by molar-refractivity contribution is 5.79. The number of aromatic nitrogens is 3. The molecule has 0 spiro atoms. The first-order chi connectivity index (χ1) is 14.8. The number of amides is 1. The van der Waals surface area contributed by atoms with Crippen LogP contribution in [0.15, 0.2) is 48.7 Å². The Bertz CT molecular complexity index is 1010. The average molecular weight is 421 g/mol. The number of rotatable bonds is 9. The van der Waals surface area contributed by atoms with Crippen molar-refractivity contribution in [1.29, 1.82) is 0 Å². The molecule has 1 atom stereocenters. The Morgan fingerprint density at radius 3 is 2.58 bits per heavy atom. The first kappa shape index (κ1) is 22.5. The Balaban J connectivity index is 1.60. The van der Waals surface area contributed by atoms with E-state index in [9.17, 15) is 4.79 Å². The maximum atomic E-state index is 12.6. The van der Waals surface area contributed by atoms with Gasteiger partial charge in [0.15, 0.2) is 0 Å². The molecule has 3 rings (SSSR count). The summed E-state index contributed by atoms with van der Waals surface area (Å²) >= 11 is 0. The minimum absolute atomic E-state index is 0.0359. The number of hydrogen-bond acceptors (Lipinski definition) is 4. The van der Waals surface area contributed by atoms with Gasteiger partial charge in [0, 0.05) is 30.1 Å². The summed E-state index contributed by atoms with van der Waals surface area (Å²) in [5.41, 5.74) is 4.77. The van der Waals surface area contributed by atoms with E-state index < -0.39 is 0 Å². The fourth-order valence-corrected chi connectivity index (χ4v) is 3.72. The predicted octanol–water partition coefficient (Wildman–Crippen LogP) is 4.56. The van der Waals surface area contributed by atoms with E-state index in [4.69, 9.17) is 4.74 Å². The highest BCUT2D eigenvalue weighted by Crippen LogP contribution is 2.19. The largest absolute Gasteiger partial charge is 0.475 e. The van der Waals surface area contributed by atoms with E-state index in [0.717, 1.165) is 34.6 Å². The predicted molar refractivity (Wildman–Crippen MR) is 122 cm³/mol. The van der Waals surface area contributed by atoms with Crippen molar-refractivity contribution in [3.8, 4) is 11.6 Å². The van der Waals surface area contributed by atoms with Gasteiger partial charge < -0.3 is 10.1 Å². The molecule has 2 aromatic heterocycles. The third-order valence-electron chi connectivity index (χ3n) is 5.19. The molecule has 0 saturated heterocycles. The molecule has 1 unspecified atom stereocenters. The molecule has 0 bridgehead atoms. The summed E-state index contributed by atoms with van der Waals surface area (Å²) in [6, 6.07) is 13.7. The number of para-hydroxylation sites is 1. The Kier molecular flexibility index (Phi) is 7.45. The van der Waals surface area contributed by atoms with Gasteiger partial charge in [-0.25, -0.2) is 9.67 Å². The van der Waals surface area contributed by atoms with Gasteiger partial charge in [-0.05, 0) is 56.9 Å². The molecule has 31 heavy (non-hydrogen) atoms. The van der Waals surface area contributed by atoms with Crippen LogP contribution in [-0.2, 0) is 17.8 Å². The minimum atomic E-state index is -0.0359. The lowest BCUT2D eigenvalue weighted by molar-refractivity contribution is -0.120. The molecule has 1 N–H and O–H groups in total. The molecule has 1 aromatic carbocycles. The Morgan fingerprint density at radius 1 is 1.13 bits per heavy atom. The molecule has 6 nitrogen and oxygen atoms in total. The summed E-state index contributed by atoms with van der Waals surface area (Å²) in [4.78, 5) is 16.9. The number of pyridine rings is 1. The van der Waals surface area contributed by atoms with Gasteiger partial charge in [0.1, 0.15) is 0 Å². The molecule has 1 amide bonds. The van der Waals surface area contributed by atoms with Gasteiger partial charge in [0.2, 0.25) is 11.8 Å². The van der Waals surface area contributed by atoms with Crippen LogP contribution in [0.25, 0.3) is 5.69 Å². The first-order valence-corrected chi connectivity index (χ1v) is 10.8. The van der Waals surface area contributed by atoms with E-state index in [1.54, 1.807) is 6.20 Å². The molecule has 0 aliphatic carbocycles. The molecule has 164 valence electrons. The monoisotopic (exact) mass is 420 g/mol. The zero-order valence-electron chi connectivity index (χ0n) is 19.1. The van der Waals surface area contributed by atoms with Crippen LogP contribution in [0, 0.1) is 19.8 Å². The number of hydrogen-bond donors (Lipinski definition) is 1. The van der Waals surface area contributed by atoms with Crippen LogP contribution in [0.3, 0.4) is 0 Å². The van der Waals surface area contributed by atoms with E-state index in [1.165, 1.54) is 0 Å². The van der Waals surface area contributed by atoms with Crippen molar-refractivity contribution in [2.45, 2.75) is 60.1 Å². The average Bonchev–Trinajstić information content (AvgIpc) is 3.01. The summed E-state index contributed by atoms with van der Waals surface area (Å²) in [5, 5.41) is 7.63. The number of aryl methyl sites for hydroxylation is 1. The van der Waals surface area contributed by atoms with Gasteiger partial charge in [0.05, 0.1) is 23.9 Å². The molecule has 2 heterocycles. The van der Waals surface area contributed by atoms with Crippen LogP contribution in [0.5, 0.6) is 5.88 Å². The lowest BCUT2D eigenvalue weighted by Gasteiger charge is -2.16. The number of nitrogens with one attached hydrogen (secondary N) is 1. The Morgan fingerprint density at radius 2 is 1.87 bits per heavy atom. The van der Waals surface area contributed by atoms with E-state index in [1.807, 2.05) is 61.0 Å². The third kappa shape index (κ3) is 6.17. The van der Waals surface area contributed by atoms with Gasteiger partial charge in [-0.15, -0.1) is 0 Å². The quantitative estimate of drug-likeness (QED) is 0.551. The molecule has 0 radical (unpaired) electrons. The fourth-order valence-electron chi connectivity index (χ4n) is 3.72. The molecule has 0 saturated carbocycles. The smallest absolute Gasteiger partial charge is 0.224 e. The molecule has 3 aromatic rings. The van der Waals surface area contributed by atoms with Crippen LogP contribution in [0.4, 0.5) is 0 Å². The van der Waals surface area contributed by atoms with Crippen LogP contribution in [0.2, 0.25) is 0 Å². The van der Waals surface area contributed by atoms with Crippen molar-refractivity contribution < 1.29 is 9.53 Å². The van der Waals surface area contributed by atoms with Crippen molar-refractivity contribution in [1.82, 2.24) is 20.1 Å². The molecular weight excluding hydrogens is 388 g/mol. The summed E-state index contributed by atoms with van der Waals surface area (Å²) in [6.45, 7) is 10.8. The minimum Gasteiger partial charge on any atom is -0.475 e.